The Balaban J connectivity index is 2.67. The number of fused-ring (bicyclic) bond motifs is 1. The van der Waals surface area contributed by atoms with Crippen LogP contribution in [0.4, 0.5) is 0 Å². The van der Waals surface area contributed by atoms with Crippen LogP contribution in [0.3, 0.4) is 0 Å². The number of phenols is 1. The summed E-state index contributed by atoms with van der Waals surface area (Å²) in [6, 6.07) is 2.69. The zero-order valence-electron chi connectivity index (χ0n) is 9.31. The number of phenolic OH excluding ortho intramolecular Hbond substituents is 1. The number of hydrogen-bond donors (Lipinski definition) is 1. The molecule has 0 aliphatic heterocycles. The lowest BCUT2D eigenvalue weighted by molar-refractivity contribution is 0.0914. The molecule has 0 saturated heterocycles. The molecule has 0 aromatic heterocycles. The molecule has 0 unspecified atom stereocenters. The van der Waals surface area contributed by atoms with E-state index in [2.05, 4.69) is 0 Å². The molecule has 2 rings (SSSR count). The summed E-state index contributed by atoms with van der Waals surface area (Å²) in [6.45, 7) is 0. The Bertz CT molecular complexity index is 542. The summed E-state index contributed by atoms with van der Waals surface area (Å²) < 4.78 is 9.74. The number of rotatable bonds is 2. The highest BCUT2D eigenvalue weighted by Gasteiger charge is 2.29. The minimum absolute atomic E-state index is 0.0170. The third-order valence-electron chi connectivity index (χ3n) is 2.52. The van der Waals surface area contributed by atoms with Crippen LogP contribution in [-0.2, 0) is 4.74 Å². The van der Waals surface area contributed by atoms with E-state index in [0.29, 0.717) is 5.75 Å². The number of allylic oxidation sites excluding steroid dienone is 2. The number of Topliss-reactive ketones (excluding diaryl/α,β-unsaturated/α-hetero) is 1. The van der Waals surface area contributed by atoms with Crippen LogP contribution in [0.5, 0.6) is 11.5 Å². The molecular formula is C12H10O5. The Morgan fingerprint density at radius 2 is 1.82 bits per heavy atom. The van der Waals surface area contributed by atoms with Gasteiger partial charge in [0.1, 0.15) is 11.5 Å². The Kier molecular flexibility index (Phi) is 2.59. The fourth-order valence-electron chi connectivity index (χ4n) is 1.70. The first-order chi connectivity index (χ1) is 8.08. The van der Waals surface area contributed by atoms with E-state index in [1.165, 1.54) is 26.4 Å². The van der Waals surface area contributed by atoms with Crippen molar-refractivity contribution in [1.29, 1.82) is 0 Å². The van der Waals surface area contributed by atoms with Crippen molar-refractivity contribution in [3.8, 4) is 11.5 Å². The predicted molar refractivity (Wildman–Crippen MR) is 58.4 cm³/mol. The van der Waals surface area contributed by atoms with Gasteiger partial charge < -0.3 is 14.6 Å². The van der Waals surface area contributed by atoms with E-state index in [1.807, 2.05) is 0 Å². The van der Waals surface area contributed by atoms with Crippen molar-refractivity contribution < 1.29 is 24.2 Å². The Hall–Kier alpha value is -2.30. The van der Waals surface area contributed by atoms with E-state index in [9.17, 15) is 14.7 Å². The lowest BCUT2D eigenvalue weighted by atomic mass is 9.92. The van der Waals surface area contributed by atoms with Crippen molar-refractivity contribution in [2.24, 2.45) is 0 Å². The minimum atomic E-state index is -0.461. The molecule has 1 N–H and O–H groups in total. The van der Waals surface area contributed by atoms with Crippen molar-refractivity contribution in [1.82, 2.24) is 0 Å². The van der Waals surface area contributed by atoms with Crippen molar-refractivity contribution in [2.75, 3.05) is 14.2 Å². The van der Waals surface area contributed by atoms with E-state index in [0.717, 1.165) is 6.08 Å². The standard InChI is InChI=1S/C12H10O5/c1-16-6-3-7-11(8(13)4-6)9(14)5-10(17-2)12(7)15/h3-5,13H,1-2H3. The number of methoxy groups -OCH3 is 2. The number of ketones is 2. The molecule has 1 aromatic carbocycles. The summed E-state index contributed by atoms with van der Waals surface area (Å²) in [5.74, 6) is -0.924. The highest BCUT2D eigenvalue weighted by molar-refractivity contribution is 6.24. The van der Waals surface area contributed by atoms with Crippen molar-refractivity contribution >= 4 is 11.6 Å². The average Bonchev–Trinajstić information content (AvgIpc) is 2.32. The average molecular weight is 234 g/mol. The van der Waals surface area contributed by atoms with Gasteiger partial charge in [0, 0.05) is 17.7 Å². The molecular weight excluding hydrogens is 224 g/mol. The minimum Gasteiger partial charge on any atom is -0.507 e. The molecule has 0 heterocycles. The molecule has 1 aliphatic rings. The predicted octanol–water partition coefficient (Wildman–Crippen LogP) is 1.31. The Labute approximate surface area is 97.3 Å². The highest BCUT2D eigenvalue weighted by Crippen LogP contribution is 2.32. The van der Waals surface area contributed by atoms with Crippen molar-refractivity contribution in [2.45, 2.75) is 0 Å². The number of benzene rings is 1. The molecule has 0 saturated carbocycles. The number of ether oxygens (including phenoxy) is 2. The smallest absolute Gasteiger partial charge is 0.228 e. The summed E-state index contributed by atoms with van der Waals surface area (Å²) in [5, 5.41) is 9.69. The third-order valence-corrected chi connectivity index (χ3v) is 2.52. The second-order valence-electron chi connectivity index (χ2n) is 3.48. The lowest BCUT2D eigenvalue weighted by Crippen LogP contribution is -2.18. The summed E-state index contributed by atoms with van der Waals surface area (Å²) in [4.78, 5) is 23.6. The maximum absolute atomic E-state index is 11.9. The second-order valence-corrected chi connectivity index (χ2v) is 3.48. The largest absolute Gasteiger partial charge is 0.507 e. The van der Waals surface area contributed by atoms with Crippen LogP contribution in [-0.4, -0.2) is 30.9 Å². The van der Waals surface area contributed by atoms with Crippen LogP contribution < -0.4 is 4.74 Å². The molecule has 0 bridgehead atoms. The van der Waals surface area contributed by atoms with Crippen LogP contribution in [0.15, 0.2) is 24.0 Å². The van der Waals surface area contributed by atoms with Crippen molar-refractivity contribution in [3.63, 3.8) is 0 Å². The number of carbonyl (C=O) groups is 2. The molecule has 88 valence electrons. The summed E-state index contributed by atoms with van der Waals surface area (Å²) in [7, 11) is 2.71. The highest BCUT2D eigenvalue weighted by atomic mass is 16.5. The summed E-state index contributed by atoms with van der Waals surface area (Å²) in [6.07, 6.45) is 1.07. The first kappa shape index (κ1) is 11.2. The first-order valence-corrected chi connectivity index (χ1v) is 4.84. The van der Waals surface area contributed by atoms with Gasteiger partial charge in [0.2, 0.25) is 5.78 Å². The monoisotopic (exact) mass is 234 g/mol. The third kappa shape index (κ3) is 1.65. The zero-order chi connectivity index (χ0) is 12.6. The number of aromatic hydroxyl groups is 1. The van der Waals surface area contributed by atoms with E-state index in [4.69, 9.17) is 9.47 Å². The van der Waals surface area contributed by atoms with Gasteiger partial charge in [-0.25, -0.2) is 0 Å². The molecule has 0 atom stereocenters. The van der Waals surface area contributed by atoms with E-state index < -0.39 is 11.6 Å². The fourth-order valence-corrected chi connectivity index (χ4v) is 1.70. The van der Waals surface area contributed by atoms with E-state index >= 15 is 0 Å². The van der Waals surface area contributed by atoms with E-state index in [-0.39, 0.29) is 22.6 Å². The SMILES string of the molecule is COC1=CC(=O)c2c(O)cc(OC)cc2C1=O. The van der Waals surface area contributed by atoms with Crippen LogP contribution >= 0.6 is 0 Å². The zero-order valence-corrected chi connectivity index (χ0v) is 9.31. The Morgan fingerprint density at radius 3 is 2.41 bits per heavy atom. The van der Waals surface area contributed by atoms with Gasteiger partial charge in [0.15, 0.2) is 11.5 Å². The molecule has 17 heavy (non-hydrogen) atoms. The van der Waals surface area contributed by atoms with Crippen LogP contribution in [0.25, 0.3) is 0 Å². The van der Waals surface area contributed by atoms with Gasteiger partial charge in [-0.1, -0.05) is 0 Å². The molecule has 5 heteroatoms. The van der Waals surface area contributed by atoms with Gasteiger partial charge in [0.05, 0.1) is 19.8 Å². The molecule has 5 nitrogen and oxygen atoms in total. The van der Waals surface area contributed by atoms with Gasteiger partial charge in [-0.05, 0) is 6.07 Å². The van der Waals surface area contributed by atoms with Gasteiger partial charge >= 0.3 is 0 Å². The molecule has 0 amide bonds. The maximum Gasteiger partial charge on any atom is 0.228 e. The normalized spacial score (nSPS) is 14.1. The Morgan fingerprint density at radius 1 is 1.12 bits per heavy atom. The summed E-state index contributed by atoms with van der Waals surface area (Å²) in [5.41, 5.74) is 0.0720. The quantitative estimate of drug-likeness (QED) is 0.835. The number of carbonyl (C=O) groups excluding carboxylic acids is 2. The van der Waals surface area contributed by atoms with E-state index in [1.54, 1.807) is 0 Å². The molecule has 1 aromatic rings. The van der Waals surface area contributed by atoms with Gasteiger partial charge in [-0.15, -0.1) is 0 Å². The van der Waals surface area contributed by atoms with Gasteiger partial charge in [0.25, 0.3) is 0 Å². The number of hydrogen-bond acceptors (Lipinski definition) is 5. The molecule has 0 radical (unpaired) electrons. The van der Waals surface area contributed by atoms with Crippen LogP contribution in [0.2, 0.25) is 0 Å². The second kappa shape index (κ2) is 3.93. The first-order valence-electron chi connectivity index (χ1n) is 4.84. The van der Waals surface area contributed by atoms with Crippen LogP contribution in [0, 0.1) is 0 Å². The topological polar surface area (TPSA) is 72.8 Å². The molecule has 0 fully saturated rings. The maximum atomic E-state index is 11.9. The summed E-state index contributed by atoms with van der Waals surface area (Å²) >= 11 is 0. The van der Waals surface area contributed by atoms with Gasteiger partial charge in [-0.2, -0.15) is 0 Å². The van der Waals surface area contributed by atoms with Crippen molar-refractivity contribution in [3.05, 3.63) is 35.1 Å². The lowest BCUT2D eigenvalue weighted by Gasteiger charge is -2.16. The fraction of sp³-hybridized carbons (Fsp3) is 0.167. The van der Waals surface area contributed by atoms with Crippen LogP contribution in [0.1, 0.15) is 20.7 Å². The van der Waals surface area contributed by atoms with Gasteiger partial charge in [-0.3, -0.25) is 9.59 Å². The molecule has 1 aliphatic carbocycles. The molecule has 0 spiro atoms.